The van der Waals surface area contributed by atoms with E-state index in [1.807, 2.05) is 26.0 Å². The number of ether oxygens (including phenoxy) is 1. The van der Waals surface area contributed by atoms with Crippen molar-refractivity contribution < 1.29 is 24.0 Å². The molecule has 4 atom stereocenters. The van der Waals surface area contributed by atoms with E-state index in [9.17, 15) is 24.5 Å². The third-order valence-corrected chi connectivity index (χ3v) is 8.63. The van der Waals surface area contributed by atoms with Gasteiger partial charge in [-0.1, -0.05) is 12.1 Å². The number of carbonyl (C=O) groups excluding carboxylic acids is 3. The number of methoxy groups -OCH3 is 1. The van der Waals surface area contributed by atoms with Crippen LogP contribution in [-0.2, 0) is 19.9 Å². The third kappa shape index (κ3) is 2.52. The van der Waals surface area contributed by atoms with E-state index in [1.54, 1.807) is 6.92 Å². The van der Waals surface area contributed by atoms with Crippen molar-refractivity contribution in [2.45, 2.75) is 45.2 Å². The van der Waals surface area contributed by atoms with Gasteiger partial charge in [0, 0.05) is 29.4 Å². The standard InChI is InChI=1S/C26H26N4O6/c1-12-7-8-15-22(14(12)3)27-25(33)26(15)21-20(16-6-5-9-28(16)26)23(31)29(24(21)32)17-11-19(36-4)18(30(34)35)10-13(17)2/h7-8,10-11,16,20-21H,5-6,9H2,1-4H3,(H,27,33)/t16-,20+,21-,26-/m0/s1. The van der Waals surface area contributed by atoms with Crippen LogP contribution in [0.3, 0.4) is 0 Å². The number of amides is 3. The minimum atomic E-state index is -1.26. The van der Waals surface area contributed by atoms with E-state index < -0.39 is 28.2 Å². The van der Waals surface area contributed by atoms with Crippen LogP contribution in [-0.4, -0.2) is 47.2 Å². The highest BCUT2D eigenvalue weighted by atomic mass is 16.6. The molecule has 2 aromatic carbocycles. The Morgan fingerprint density at radius 1 is 1.11 bits per heavy atom. The van der Waals surface area contributed by atoms with Crippen LogP contribution in [0.15, 0.2) is 24.3 Å². The molecule has 3 saturated heterocycles. The predicted octanol–water partition coefficient (Wildman–Crippen LogP) is 2.96. The first kappa shape index (κ1) is 22.7. The highest BCUT2D eigenvalue weighted by Gasteiger charge is 2.74. The van der Waals surface area contributed by atoms with Gasteiger partial charge in [-0.15, -0.1) is 0 Å². The maximum atomic E-state index is 14.2. The van der Waals surface area contributed by atoms with E-state index in [1.165, 1.54) is 19.2 Å². The van der Waals surface area contributed by atoms with E-state index in [-0.39, 0.29) is 35.0 Å². The van der Waals surface area contributed by atoms with Gasteiger partial charge in [0.2, 0.25) is 17.7 Å². The normalized spacial score (nSPS) is 28.5. The Kier molecular flexibility index (Phi) is 4.63. The smallest absolute Gasteiger partial charge is 0.311 e. The Morgan fingerprint density at radius 3 is 2.56 bits per heavy atom. The lowest BCUT2D eigenvalue weighted by molar-refractivity contribution is -0.385. The first-order chi connectivity index (χ1) is 17.1. The zero-order valence-electron chi connectivity index (χ0n) is 20.5. The molecule has 1 N–H and O–H groups in total. The maximum Gasteiger partial charge on any atom is 0.311 e. The molecule has 3 fully saturated rings. The second-order valence-corrected chi connectivity index (χ2v) is 10.1. The fourth-order valence-electron chi connectivity index (χ4n) is 6.97. The van der Waals surface area contributed by atoms with Gasteiger partial charge in [0.05, 0.1) is 29.6 Å². The van der Waals surface area contributed by atoms with Crippen LogP contribution < -0.4 is 15.0 Å². The molecule has 10 nitrogen and oxygen atoms in total. The summed E-state index contributed by atoms with van der Waals surface area (Å²) in [6.07, 6.45) is 1.54. The van der Waals surface area contributed by atoms with Gasteiger partial charge in [0.15, 0.2) is 5.75 Å². The lowest BCUT2D eigenvalue weighted by Gasteiger charge is -2.36. The summed E-state index contributed by atoms with van der Waals surface area (Å²) in [7, 11) is 1.30. The summed E-state index contributed by atoms with van der Waals surface area (Å²) in [5, 5.41) is 14.5. The van der Waals surface area contributed by atoms with Crippen LogP contribution in [0.5, 0.6) is 5.75 Å². The molecular weight excluding hydrogens is 464 g/mol. The van der Waals surface area contributed by atoms with E-state index >= 15 is 0 Å². The molecular formula is C26H26N4O6. The molecule has 4 heterocycles. The van der Waals surface area contributed by atoms with Crippen molar-refractivity contribution in [1.82, 2.24) is 4.90 Å². The van der Waals surface area contributed by atoms with Gasteiger partial charge in [0.1, 0.15) is 5.54 Å². The van der Waals surface area contributed by atoms with Crippen molar-refractivity contribution in [3.05, 3.63) is 56.6 Å². The van der Waals surface area contributed by atoms with Gasteiger partial charge in [0.25, 0.3) is 0 Å². The number of nitro groups is 1. The van der Waals surface area contributed by atoms with Gasteiger partial charge in [-0.05, 0) is 56.8 Å². The number of nitrogens with zero attached hydrogens (tertiary/aromatic N) is 3. The number of anilines is 2. The number of nitro benzene ring substituents is 1. The summed E-state index contributed by atoms with van der Waals surface area (Å²) in [5.41, 5.74) is 2.59. The largest absolute Gasteiger partial charge is 0.490 e. The number of benzene rings is 2. The molecule has 4 aliphatic rings. The Hall–Kier alpha value is -3.79. The Balaban J connectivity index is 1.54. The Morgan fingerprint density at radius 2 is 1.86 bits per heavy atom. The van der Waals surface area contributed by atoms with Gasteiger partial charge in [-0.25, -0.2) is 4.90 Å². The number of imide groups is 1. The number of hydrogen-bond donors (Lipinski definition) is 1. The topological polar surface area (TPSA) is 122 Å². The van der Waals surface area contributed by atoms with E-state index in [4.69, 9.17) is 4.74 Å². The average Bonchev–Trinajstić information content (AvgIpc) is 3.55. The molecule has 0 aromatic heterocycles. The lowest BCUT2D eigenvalue weighted by Crippen LogP contribution is -2.54. The van der Waals surface area contributed by atoms with Gasteiger partial charge >= 0.3 is 5.69 Å². The van der Waals surface area contributed by atoms with Crippen LogP contribution in [0.2, 0.25) is 0 Å². The number of carbonyl (C=O) groups is 3. The Bertz CT molecular complexity index is 1400. The van der Waals surface area contributed by atoms with Gasteiger partial charge in [-0.2, -0.15) is 0 Å². The highest BCUT2D eigenvalue weighted by molar-refractivity contribution is 6.26. The zero-order valence-corrected chi connectivity index (χ0v) is 20.5. The molecule has 0 aliphatic carbocycles. The summed E-state index contributed by atoms with van der Waals surface area (Å²) < 4.78 is 5.21. The number of aryl methyl sites for hydroxylation is 2. The zero-order chi connectivity index (χ0) is 25.7. The number of rotatable bonds is 3. The molecule has 6 rings (SSSR count). The van der Waals surface area contributed by atoms with Crippen molar-refractivity contribution in [1.29, 1.82) is 0 Å². The van der Waals surface area contributed by atoms with Crippen LogP contribution in [0.4, 0.5) is 17.1 Å². The third-order valence-electron chi connectivity index (χ3n) is 8.63. The summed E-state index contributed by atoms with van der Waals surface area (Å²) in [4.78, 5) is 56.1. The second-order valence-electron chi connectivity index (χ2n) is 10.1. The second kappa shape index (κ2) is 7.36. The predicted molar refractivity (Wildman–Crippen MR) is 130 cm³/mol. The highest BCUT2D eigenvalue weighted by Crippen LogP contribution is 2.61. The number of hydrogen-bond acceptors (Lipinski definition) is 7. The number of nitrogens with one attached hydrogen (secondary N) is 1. The molecule has 3 amide bonds. The molecule has 186 valence electrons. The molecule has 0 radical (unpaired) electrons. The van der Waals surface area contributed by atoms with Crippen molar-refractivity contribution in [3.8, 4) is 5.75 Å². The molecule has 0 saturated carbocycles. The van der Waals surface area contributed by atoms with Crippen molar-refractivity contribution in [2.75, 3.05) is 23.9 Å². The van der Waals surface area contributed by atoms with E-state index in [0.29, 0.717) is 18.5 Å². The molecule has 2 aromatic rings. The van der Waals surface area contributed by atoms with Gasteiger partial charge in [-0.3, -0.25) is 29.4 Å². The van der Waals surface area contributed by atoms with E-state index in [0.717, 1.165) is 33.7 Å². The molecule has 0 bridgehead atoms. The van der Waals surface area contributed by atoms with Crippen LogP contribution in [0.25, 0.3) is 0 Å². The quantitative estimate of drug-likeness (QED) is 0.399. The SMILES string of the molecule is COc1cc(N2C(=O)[C@H]3[C@@H](C2=O)[C@@]2(C(=O)Nc4c2ccc(C)c4C)N2CCC[C@@H]32)c(C)cc1[N+](=O)[O-]. The monoisotopic (exact) mass is 490 g/mol. The summed E-state index contributed by atoms with van der Waals surface area (Å²) >= 11 is 0. The number of fused-ring (bicyclic) bond motifs is 7. The van der Waals surface area contributed by atoms with Crippen molar-refractivity contribution in [3.63, 3.8) is 0 Å². The van der Waals surface area contributed by atoms with Crippen LogP contribution in [0, 0.1) is 42.7 Å². The summed E-state index contributed by atoms with van der Waals surface area (Å²) in [6, 6.07) is 6.31. The fourth-order valence-corrected chi connectivity index (χ4v) is 6.97. The molecule has 0 unspecified atom stereocenters. The van der Waals surface area contributed by atoms with E-state index in [2.05, 4.69) is 10.2 Å². The van der Waals surface area contributed by atoms with Crippen LogP contribution >= 0.6 is 0 Å². The molecule has 10 heteroatoms. The van der Waals surface area contributed by atoms with Gasteiger partial charge < -0.3 is 10.1 Å². The summed E-state index contributed by atoms with van der Waals surface area (Å²) in [5.74, 6) is -2.71. The molecule has 1 spiro atoms. The fraction of sp³-hybridized carbons (Fsp3) is 0.423. The Labute approximate surface area is 207 Å². The first-order valence-corrected chi connectivity index (χ1v) is 12.0. The average molecular weight is 491 g/mol. The molecule has 4 aliphatic heterocycles. The first-order valence-electron chi connectivity index (χ1n) is 12.0. The lowest BCUT2D eigenvalue weighted by atomic mass is 9.75. The molecule has 36 heavy (non-hydrogen) atoms. The summed E-state index contributed by atoms with van der Waals surface area (Å²) in [6.45, 7) is 6.17. The van der Waals surface area contributed by atoms with Crippen LogP contribution in [0.1, 0.15) is 35.1 Å². The minimum absolute atomic E-state index is 0.0366. The maximum absolute atomic E-state index is 14.2. The minimum Gasteiger partial charge on any atom is -0.490 e. The van der Waals surface area contributed by atoms with Crippen molar-refractivity contribution in [2.24, 2.45) is 11.8 Å². The van der Waals surface area contributed by atoms with Crippen molar-refractivity contribution >= 4 is 34.8 Å².